The second-order valence-electron chi connectivity index (χ2n) is 6.26. The highest BCUT2D eigenvalue weighted by Crippen LogP contribution is 2.32. The summed E-state index contributed by atoms with van der Waals surface area (Å²) < 4.78 is 38.6. The van der Waals surface area contributed by atoms with Gasteiger partial charge in [0.1, 0.15) is 13.2 Å². The van der Waals surface area contributed by atoms with Gasteiger partial charge in [-0.1, -0.05) is 13.8 Å². The maximum atomic E-state index is 12.6. The Kier molecular flexibility index (Phi) is 5.03. The Labute approximate surface area is 148 Å². The van der Waals surface area contributed by atoms with Gasteiger partial charge in [-0.05, 0) is 42.3 Å². The normalized spacial score (nSPS) is 13.6. The molecule has 0 spiro atoms. The molecule has 0 aromatic heterocycles. The predicted molar refractivity (Wildman–Crippen MR) is 98.0 cm³/mol. The van der Waals surface area contributed by atoms with Gasteiger partial charge in [-0.3, -0.25) is 4.72 Å². The van der Waals surface area contributed by atoms with E-state index in [0.717, 1.165) is 12.2 Å². The van der Waals surface area contributed by atoms with Gasteiger partial charge in [0.25, 0.3) is 10.0 Å². The number of sulfonamides is 1. The third-order valence-corrected chi connectivity index (χ3v) is 5.05. The first-order chi connectivity index (χ1) is 11.9. The smallest absolute Gasteiger partial charge is 0.262 e. The van der Waals surface area contributed by atoms with E-state index in [2.05, 4.69) is 23.9 Å². The fraction of sp³-hybridized carbons (Fsp3) is 0.333. The first-order valence-electron chi connectivity index (χ1n) is 8.20. The van der Waals surface area contributed by atoms with Gasteiger partial charge >= 0.3 is 0 Å². The molecule has 0 atom stereocenters. The summed E-state index contributed by atoms with van der Waals surface area (Å²) in [5.74, 6) is 1.54. The molecule has 0 aliphatic carbocycles. The molecule has 25 heavy (non-hydrogen) atoms. The Bertz CT molecular complexity index is 833. The van der Waals surface area contributed by atoms with Crippen molar-refractivity contribution in [3.05, 3.63) is 42.5 Å². The molecule has 1 aliphatic heterocycles. The Morgan fingerprint density at radius 1 is 0.960 bits per heavy atom. The van der Waals surface area contributed by atoms with Crippen LogP contribution in [0.15, 0.2) is 47.4 Å². The molecular weight excluding hydrogens is 340 g/mol. The molecule has 0 bridgehead atoms. The second kappa shape index (κ2) is 7.23. The molecule has 0 saturated heterocycles. The number of benzene rings is 2. The monoisotopic (exact) mass is 362 g/mol. The van der Waals surface area contributed by atoms with Crippen molar-refractivity contribution in [3.8, 4) is 11.5 Å². The Morgan fingerprint density at radius 2 is 1.60 bits per heavy atom. The maximum absolute atomic E-state index is 12.6. The molecule has 7 heteroatoms. The lowest BCUT2D eigenvalue weighted by Gasteiger charge is -2.19. The van der Waals surface area contributed by atoms with E-state index in [4.69, 9.17) is 9.47 Å². The minimum Gasteiger partial charge on any atom is -0.486 e. The lowest BCUT2D eigenvalue weighted by atomic mass is 10.2. The Hall–Kier alpha value is -2.41. The van der Waals surface area contributed by atoms with Crippen molar-refractivity contribution < 1.29 is 17.9 Å². The third-order valence-electron chi connectivity index (χ3n) is 3.68. The first-order valence-corrected chi connectivity index (χ1v) is 9.69. The second-order valence-corrected chi connectivity index (χ2v) is 7.95. The zero-order valence-electron chi connectivity index (χ0n) is 14.3. The molecule has 0 amide bonds. The number of ether oxygens (including phenoxy) is 2. The molecule has 2 aromatic carbocycles. The van der Waals surface area contributed by atoms with Gasteiger partial charge in [-0.25, -0.2) is 8.42 Å². The van der Waals surface area contributed by atoms with Crippen LogP contribution in [0.5, 0.6) is 11.5 Å². The summed E-state index contributed by atoms with van der Waals surface area (Å²) >= 11 is 0. The van der Waals surface area contributed by atoms with Crippen molar-refractivity contribution in [2.24, 2.45) is 5.92 Å². The van der Waals surface area contributed by atoms with E-state index >= 15 is 0 Å². The topological polar surface area (TPSA) is 76.7 Å². The maximum Gasteiger partial charge on any atom is 0.262 e. The Balaban J connectivity index is 1.73. The van der Waals surface area contributed by atoms with E-state index in [-0.39, 0.29) is 4.90 Å². The first kappa shape index (κ1) is 17.4. The van der Waals surface area contributed by atoms with Gasteiger partial charge < -0.3 is 14.8 Å². The van der Waals surface area contributed by atoms with E-state index in [0.29, 0.717) is 36.3 Å². The molecular formula is C18H22N2O4S. The number of nitrogens with one attached hydrogen (secondary N) is 2. The minimum atomic E-state index is -3.69. The standard InChI is InChI=1S/C18H22N2O4S/c1-13(2)12-19-14-3-5-15(6-4-14)20-25(21,22)16-7-8-17-18(11-16)24-10-9-23-17/h3-8,11,13,19-20H,9-10,12H2,1-2H3. The SMILES string of the molecule is CC(C)CNc1ccc(NS(=O)(=O)c2ccc3c(c2)OCCO3)cc1. The number of fused-ring (bicyclic) bond motifs is 1. The highest BCUT2D eigenvalue weighted by Gasteiger charge is 2.19. The van der Waals surface area contributed by atoms with Crippen LogP contribution in [-0.4, -0.2) is 28.2 Å². The molecule has 1 aliphatic rings. The molecule has 2 aromatic rings. The third kappa shape index (κ3) is 4.36. The van der Waals surface area contributed by atoms with Gasteiger partial charge in [0.2, 0.25) is 0 Å². The van der Waals surface area contributed by atoms with Crippen LogP contribution in [0.1, 0.15) is 13.8 Å². The van der Waals surface area contributed by atoms with Gasteiger partial charge in [-0.15, -0.1) is 0 Å². The van der Waals surface area contributed by atoms with Crippen LogP contribution in [0.4, 0.5) is 11.4 Å². The fourth-order valence-electron chi connectivity index (χ4n) is 2.38. The summed E-state index contributed by atoms with van der Waals surface area (Å²) in [6, 6.07) is 11.8. The van der Waals surface area contributed by atoms with E-state index in [1.807, 2.05) is 12.1 Å². The molecule has 134 valence electrons. The summed E-state index contributed by atoms with van der Waals surface area (Å²) in [4.78, 5) is 0.138. The van der Waals surface area contributed by atoms with Crippen LogP contribution in [0.3, 0.4) is 0 Å². The molecule has 0 fully saturated rings. The van der Waals surface area contributed by atoms with E-state index in [1.165, 1.54) is 12.1 Å². The molecule has 6 nitrogen and oxygen atoms in total. The minimum absolute atomic E-state index is 0.138. The van der Waals surface area contributed by atoms with Crippen LogP contribution >= 0.6 is 0 Å². The van der Waals surface area contributed by atoms with Crippen LogP contribution in [0.25, 0.3) is 0 Å². The van der Waals surface area contributed by atoms with Gasteiger partial charge in [0.05, 0.1) is 4.90 Å². The number of hydrogen-bond acceptors (Lipinski definition) is 5. The lowest BCUT2D eigenvalue weighted by molar-refractivity contribution is 0.171. The number of hydrogen-bond donors (Lipinski definition) is 2. The predicted octanol–water partition coefficient (Wildman–Crippen LogP) is 3.33. The summed E-state index contributed by atoms with van der Waals surface area (Å²) in [7, 11) is -3.69. The fourth-order valence-corrected chi connectivity index (χ4v) is 3.46. The molecule has 0 radical (unpaired) electrons. The summed E-state index contributed by atoms with van der Waals surface area (Å²) in [5, 5.41) is 3.29. The largest absolute Gasteiger partial charge is 0.486 e. The van der Waals surface area contributed by atoms with Crippen LogP contribution in [-0.2, 0) is 10.0 Å². The van der Waals surface area contributed by atoms with Crippen molar-refractivity contribution >= 4 is 21.4 Å². The summed E-state index contributed by atoms with van der Waals surface area (Å²) in [6.45, 7) is 6.00. The highest BCUT2D eigenvalue weighted by molar-refractivity contribution is 7.92. The Morgan fingerprint density at radius 3 is 2.28 bits per heavy atom. The highest BCUT2D eigenvalue weighted by atomic mass is 32.2. The quantitative estimate of drug-likeness (QED) is 0.824. The van der Waals surface area contributed by atoms with Crippen molar-refractivity contribution in [1.82, 2.24) is 0 Å². The molecule has 2 N–H and O–H groups in total. The molecule has 3 rings (SSSR count). The van der Waals surface area contributed by atoms with Crippen LogP contribution < -0.4 is 19.5 Å². The van der Waals surface area contributed by atoms with Crippen molar-refractivity contribution in [3.63, 3.8) is 0 Å². The molecule has 0 saturated carbocycles. The lowest BCUT2D eigenvalue weighted by Crippen LogP contribution is -2.17. The van der Waals surface area contributed by atoms with Gasteiger partial charge in [0.15, 0.2) is 11.5 Å². The van der Waals surface area contributed by atoms with Crippen LogP contribution in [0, 0.1) is 5.92 Å². The zero-order chi connectivity index (χ0) is 17.9. The van der Waals surface area contributed by atoms with Crippen molar-refractivity contribution in [1.29, 1.82) is 0 Å². The summed E-state index contributed by atoms with van der Waals surface area (Å²) in [5.41, 5.74) is 1.46. The van der Waals surface area contributed by atoms with Crippen molar-refractivity contribution in [2.45, 2.75) is 18.7 Å². The van der Waals surface area contributed by atoms with E-state index in [1.54, 1.807) is 18.2 Å². The zero-order valence-corrected chi connectivity index (χ0v) is 15.1. The number of rotatable bonds is 6. The molecule has 1 heterocycles. The molecule has 0 unspecified atom stereocenters. The summed E-state index contributed by atoms with van der Waals surface area (Å²) in [6.07, 6.45) is 0. The van der Waals surface area contributed by atoms with Gasteiger partial charge in [0, 0.05) is 24.0 Å². The average Bonchev–Trinajstić information content (AvgIpc) is 2.60. The van der Waals surface area contributed by atoms with Gasteiger partial charge in [-0.2, -0.15) is 0 Å². The van der Waals surface area contributed by atoms with Crippen LogP contribution in [0.2, 0.25) is 0 Å². The average molecular weight is 362 g/mol. The number of anilines is 2. The van der Waals surface area contributed by atoms with E-state index in [9.17, 15) is 8.42 Å². The van der Waals surface area contributed by atoms with E-state index < -0.39 is 10.0 Å². The van der Waals surface area contributed by atoms with Crippen molar-refractivity contribution in [2.75, 3.05) is 29.8 Å².